The fourth-order valence-electron chi connectivity index (χ4n) is 1.15. The molecule has 0 bridgehead atoms. The van der Waals surface area contributed by atoms with Crippen molar-refractivity contribution in [1.29, 1.82) is 0 Å². The van der Waals surface area contributed by atoms with Crippen molar-refractivity contribution in [2.45, 2.75) is 5.54 Å². The zero-order chi connectivity index (χ0) is 12.2. The first kappa shape index (κ1) is 12.6. The topological polar surface area (TPSA) is 108 Å². The van der Waals surface area contributed by atoms with E-state index in [-0.39, 0.29) is 5.69 Å². The summed E-state index contributed by atoms with van der Waals surface area (Å²) >= 11 is 0. The predicted molar refractivity (Wildman–Crippen MR) is 54.7 cm³/mol. The fraction of sp³-hybridized carbons (Fsp3) is 0.556. The van der Waals surface area contributed by atoms with Gasteiger partial charge >= 0.3 is 0 Å². The van der Waals surface area contributed by atoms with Gasteiger partial charge < -0.3 is 25.2 Å². The summed E-state index contributed by atoms with van der Waals surface area (Å²) in [6.07, 6.45) is 2.81. The highest BCUT2D eigenvalue weighted by molar-refractivity contribution is 5.92. The number of nitrogens with one attached hydrogen (secondary N) is 1. The highest BCUT2D eigenvalue weighted by atomic mass is 16.3. The number of carbonyl (C=O) groups is 1. The minimum Gasteiger partial charge on any atom is -0.394 e. The van der Waals surface area contributed by atoms with E-state index in [9.17, 15) is 4.79 Å². The smallest absolute Gasteiger partial charge is 0.270 e. The molecular weight excluding hydrogens is 214 g/mol. The van der Waals surface area contributed by atoms with Crippen LogP contribution in [-0.2, 0) is 7.05 Å². The molecule has 0 saturated heterocycles. The van der Waals surface area contributed by atoms with E-state index in [2.05, 4.69) is 10.3 Å². The molecule has 0 saturated carbocycles. The second kappa shape index (κ2) is 5.06. The van der Waals surface area contributed by atoms with Gasteiger partial charge in [-0.25, -0.2) is 4.98 Å². The van der Waals surface area contributed by atoms with Crippen LogP contribution in [0.5, 0.6) is 0 Å². The first-order valence-electron chi connectivity index (χ1n) is 4.70. The number of aliphatic hydroxyl groups is 3. The van der Waals surface area contributed by atoms with Crippen LogP contribution < -0.4 is 5.32 Å². The minimum atomic E-state index is -1.42. The molecular formula is C9H15N3O4. The monoisotopic (exact) mass is 229 g/mol. The number of carbonyl (C=O) groups excluding carboxylic acids is 1. The SMILES string of the molecule is Cn1cncc1C(=O)NC(CO)(CO)CO. The summed E-state index contributed by atoms with van der Waals surface area (Å²) in [5.74, 6) is -0.517. The van der Waals surface area contributed by atoms with Gasteiger partial charge in [0.15, 0.2) is 0 Å². The standard InChI is InChI=1S/C9H15N3O4/c1-12-6-10-2-7(12)8(16)11-9(3-13,4-14)5-15/h2,6,13-15H,3-5H2,1H3,(H,11,16). The van der Waals surface area contributed by atoms with Crippen molar-refractivity contribution >= 4 is 5.91 Å². The molecule has 0 fully saturated rings. The summed E-state index contributed by atoms with van der Waals surface area (Å²) < 4.78 is 1.49. The Labute approximate surface area is 92.4 Å². The van der Waals surface area contributed by atoms with Crippen molar-refractivity contribution in [3.63, 3.8) is 0 Å². The van der Waals surface area contributed by atoms with Gasteiger partial charge in [-0.15, -0.1) is 0 Å². The van der Waals surface area contributed by atoms with Crippen LogP contribution in [0.2, 0.25) is 0 Å². The van der Waals surface area contributed by atoms with E-state index in [1.54, 1.807) is 7.05 Å². The minimum absolute atomic E-state index is 0.278. The molecule has 1 aromatic heterocycles. The number of amides is 1. The molecule has 16 heavy (non-hydrogen) atoms. The maximum Gasteiger partial charge on any atom is 0.270 e. The van der Waals surface area contributed by atoms with Crippen LogP contribution in [0.4, 0.5) is 0 Å². The summed E-state index contributed by atoms with van der Waals surface area (Å²) in [7, 11) is 1.64. The zero-order valence-corrected chi connectivity index (χ0v) is 8.92. The third-order valence-electron chi connectivity index (χ3n) is 2.34. The van der Waals surface area contributed by atoms with Crippen LogP contribution in [0.3, 0.4) is 0 Å². The van der Waals surface area contributed by atoms with Crippen LogP contribution >= 0.6 is 0 Å². The Morgan fingerprint density at radius 1 is 1.44 bits per heavy atom. The van der Waals surface area contributed by atoms with E-state index in [0.29, 0.717) is 0 Å². The van der Waals surface area contributed by atoms with Crippen LogP contribution in [-0.4, -0.2) is 56.1 Å². The molecule has 0 spiro atoms. The van der Waals surface area contributed by atoms with Crippen molar-refractivity contribution in [1.82, 2.24) is 14.9 Å². The van der Waals surface area contributed by atoms with Gasteiger partial charge in [0.2, 0.25) is 0 Å². The molecule has 0 aliphatic rings. The molecule has 90 valence electrons. The van der Waals surface area contributed by atoms with Gasteiger partial charge in [0.05, 0.1) is 32.3 Å². The molecule has 0 unspecified atom stereocenters. The Balaban J connectivity index is 2.81. The van der Waals surface area contributed by atoms with E-state index < -0.39 is 31.3 Å². The molecule has 0 aliphatic heterocycles. The molecule has 0 radical (unpaired) electrons. The van der Waals surface area contributed by atoms with Crippen LogP contribution in [0.25, 0.3) is 0 Å². The Morgan fingerprint density at radius 2 is 2.00 bits per heavy atom. The average molecular weight is 229 g/mol. The number of nitrogens with zero attached hydrogens (tertiary/aromatic N) is 2. The van der Waals surface area contributed by atoms with Crippen molar-refractivity contribution in [2.75, 3.05) is 19.8 Å². The number of hydrogen-bond donors (Lipinski definition) is 4. The second-order valence-corrected chi connectivity index (χ2v) is 3.60. The van der Waals surface area contributed by atoms with Crippen molar-refractivity contribution in [3.8, 4) is 0 Å². The summed E-state index contributed by atoms with van der Waals surface area (Å²) in [5.41, 5.74) is -1.14. The summed E-state index contributed by atoms with van der Waals surface area (Å²) in [5, 5.41) is 29.5. The molecule has 0 aliphatic carbocycles. The Bertz CT molecular complexity index is 351. The van der Waals surface area contributed by atoms with E-state index >= 15 is 0 Å². The van der Waals surface area contributed by atoms with Gasteiger partial charge in [0, 0.05) is 7.05 Å². The number of hydrogen-bond acceptors (Lipinski definition) is 5. The highest BCUT2D eigenvalue weighted by Gasteiger charge is 2.30. The first-order chi connectivity index (χ1) is 7.58. The molecule has 0 aromatic carbocycles. The van der Waals surface area contributed by atoms with Gasteiger partial charge in [0.25, 0.3) is 5.91 Å². The molecule has 4 N–H and O–H groups in total. The summed E-state index contributed by atoms with van der Waals surface area (Å²) in [4.78, 5) is 15.5. The Morgan fingerprint density at radius 3 is 2.38 bits per heavy atom. The number of imidazole rings is 1. The van der Waals surface area contributed by atoms with E-state index in [0.717, 1.165) is 0 Å². The number of aliphatic hydroxyl groups excluding tert-OH is 3. The van der Waals surface area contributed by atoms with Gasteiger partial charge in [0.1, 0.15) is 11.2 Å². The molecule has 7 nitrogen and oxygen atoms in total. The molecule has 7 heteroatoms. The average Bonchev–Trinajstić information content (AvgIpc) is 2.72. The molecule has 1 rings (SSSR count). The molecule has 1 heterocycles. The van der Waals surface area contributed by atoms with Gasteiger partial charge in [-0.2, -0.15) is 0 Å². The van der Waals surface area contributed by atoms with Gasteiger partial charge in [-0.3, -0.25) is 4.79 Å². The number of aryl methyl sites for hydroxylation is 1. The zero-order valence-electron chi connectivity index (χ0n) is 8.92. The highest BCUT2D eigenvalue weighted by Crippen LogP contribution is 2.05. The van der Waals surface area contributed by atoms with Crippen molar-refractivity contribution in [2.24, 2.45) is 7.05 Å². The van der Waals surface area contributed by atoms with Crippen LogP contribution in [0.1, 0.15) is 10.5 Å². The first-order valence-corrected chi connectivity index (χ1v) is 4.70. The predicted octanol–water partition coefficient (Wildman–Crippen LogP) is -2.13. The Kier molecular flexibility index (Phi) is 3.99. The lowest BCUT2D eigenvalue weighted by Crippen LogP contribution is -2.57. The lowest BCUT2D eigenvalue weighted by Gasteiger charge is -2.28. The van der Waals surface area contributed by atoms with Crippen molar-refractivity contribution < 1.29 is 20.1 Å². The summed E-state index contributed by atoms with van der Waals surface area (Å²) in [6, 6.07) is 0. The third kappa shape index (κ3) is 2.38. The second-order valence-electron chi connectivity index (χ2n) is 3.60. The van der Waals surface area contributed by atoms with Gasteiger partial charge in [-0.05, 0) is 0 Å². The lowest BCUT2D eigenvalue weighted by atomic mass is 10.0. The van der Waals surface area contributed by atoms with Crippen LogP contribution in [0.15, 0.2) is 12.5 Å². The third-order valence-corrected chi connectivity index (χ3v) is 2.34. The molecule has 1 amide bonds. The summed E-state index contributed by atoms with van der Waals surface area (Å²) in [6.45, 7) is -1.66. The van der Waals surface area contributed by atoms with E-state index in [1.807, 2.05) is 0 Å². The molecule has 0 atom stereocenters. The molecule has 1 aromatic rings. The number of aromatic nitrogens is 2. The lowest BCUT2D eigenvalue weighted by molar-refractivity contribution is 0.0371. The maximum absolute atomic E-state index is 11.7. The Hall–Kier alpha value is -1.44. The van der Waals surface area contributed by atoms with Crippen molar-refractivity contribution in [3.05, 3.63) is 18.2 Å². The maximum atomic E-state index is 11.7. The largest absolute Gasteiger partial charge is 0.394 e. The van der Waals surface area contributed by atoms with E-state index in [4.69, 9.17) is 15.3 Å². The van der Waals surface area contributed by atoms with Gasteiger partial charge in [-0.1, -0.05) is 0 Å². The normalized spacial score (nSPS) is 11.5. The fourth-order valence-corrected chi connectivity index (χ4v) is 1.15. The number of rotatable bonds is 5. The van der Waals surface area contributed by atoms with E-state index in [1.165, 1.54) is 17.1 Å². The quantitative estimate of drug-likeness (QED) is 0.461. The van der Waals surface area contributed by atoms with Crippen LogP contribution in [0, 0.1) is 0 Å².